The van der Waals surface area contributed by atoms with Crippen molar-refractivity contribution in [3.05, 3.63) is 55.1 Å². The van der Waals surface area contributed by atoms with Crippen LogP contribution in [0.5, 0.6) is 0 Å². The second-order valence-electron chi connectivity index (χ2n) is 3.30. The highest BCUT2D eigenvalue weighted by Crippen LogP contribution is 2.22. The van der Waals surface area contributed by atoms with Crippen LogP contribution in [0.15, 0.2) is 18.2 Å². The molecule has 15 heavy (non-hydrogen) atoms. The lowest BCUT2D eigenvalue weighted by molar-refractivity contribution is -0.752. The number of rotatable bonds is 3. The standard InChI is InChI=1S/C9H10N2O4/c1-6-3-4-7(2)8(5-6)9(10(12)13)11(14)15/h3-5,9H,1-2H3. The first-order valence-electron chi connectivity index (χ1n) is 4.27. The minimum atomic E-state index is -1.87. The number of aryl methyl sites for hydroxylation is 2. The highest BCUT2D eigenvalue weighted by atomic mass is 16.7. The van der Waals surface area contributed by atoms with E-state index in [1.54, 1.807) is 26.0 Å². The second kappa shape index (κ2) is 4.04. The van der Waals surface area contributed by atoms with Gasteiger partial charge in [-0.2, -0.15) is 0 Å². The Labute approximate surface area is 85.8 Å². The second-order valence-corrected chi connectivity index (χ2v) is 3.30. The SMILES string of the molecule is Cc1ccc(C)c(C([N+](=O)[O-])[N+](=O)[O-])c1. The quantitative estimate of drug-likeness (QED) is 0.432. The van der Waals surface area contributed by atoms with Crippen LogP contribution in [0.25, 0.3) is 0 Å². The lowest BCUT2D eigenvalue weighted by Crippen LogP contribution is -2.20. The summed E-state index contributed by atoms with van der Waals surface area (Å²) < 4.78 is 0. The fourth-order valence-electron chi connectivity index (χ4n) is 1.34. The van der Waals surface area contributed by atoms with Gasteiger partial charge in [-0.25, -0.2) is 0 Å². The first-order valence-corrected chi connectivity index (χ1v) is 4.27. The van der Waals surface area contributed by atoms with Crippen molar-refractivity contribution in [2.24, 2.45) is 0 Å². The minimum absolute atomic E-state index is 0.144. The van der Waals surface area contributed by atoms with Crippen LogP contribution in [-0.2, 0) is 0 Å². The van der Waals surface area contributed by atoms with Gasteiger partial charge in [-0.15, -0.1) is 0 Å². The largest absolute Gasteiger partial charge is 0.476 e. The van der Waals surface area contributed by atoms with E-state index in [1.165, 1.54) is 6.07 Å². The first kappa shape index (κ1) is 11.1. The predicted molar refractivity (Wildman–Crippen MR) is 52.6 cm³/mol. The van der Waals surface area contributed by atoms with Crippen LogP contribution in [0.1, 0.15) is 22.9 Å². The van der Waals surface area contributed by atoms with Crippen LogP contribution in [-0.4, -0.2) is 9.85 Å². The zero-order chi connectivity index (χ0) is 11.6. The summed E-state index contributed by atoms with van der Waals surface area (Å²) in [5.74, 6) is 0. The third-order valence-corrected chi connectivity index (χ3v) is 2.11. The zero-order valence-electron chi connectivity index (χ0n) is 8.34. The van der Waals surface area contributed by atoms with E-state index < -0.39 is 16.0 Å². The summed E-state index contributed by atoms with van der Waals surface area (Å²) in [6.45, 7) is 3.36. The van der Waals surface area contributed by atoms with Crippen molar-refractivity contribution >= 4 is 0 Å². The molecule has 80 valence electrons. The van der Waals surface area contributed by atoms with Crippen molar-refractivity contribution in [3.8, 4) is 0 Å². The number of nitro groups is 2. The van der Waals surface area contributed by atoms with E-state index in [1.807, 2.05) is 0 Å². The fraction of sp³-hybridized carbons (Fsp3) is 0.333. The molecule has 0 unspecified atom stereocenters. The number of benzene rings is 1. The fourth-order valence-corrected chi connectivity index (χ4v) is 1.34. The van der Waals surface area contributed by atoms with Crippen molar-refractivity contribution < 1.29 is 9.85 Å². The Hall–Kier alpha value is -1.98. The van der Waals surface area contributed by atoms with Gasteiger partial charge in [-0.1, -0.05) is 17.7 Å². The van der Waals surface area contributed by atoms with Crippen LogP contribution in [0.2, 0.25) is 0 Å². The van der Waals surface area contributed by atoms with Crippen molar-refractivity contribution in [1.29, 1.82) is 0 Å². The summed E-state index contributed by atoms with van der Waals surface area (Å²) in [5.41, 5.74) is 1.47. The molecular formula is C9H10N2O4. The van der Waals surface area contributed by atoms with E-state index in [2.05, 4.69) is 0 Å². The average Bonchev–Trinajstić information content (AvgIpc) is 2.10. The van der Waals surface area contributed by atoms with Gasteiger partial charge in [0, 0.05) is 0 Å². The average molecular weight is 210 g/mol. The van der Waals surface area contributed by atoms with Gasteiger partial charge >= 0.3 is 6.17 Å². The minimum Gasteiger partial charge on any atom is -0.258 e. The third kappa shape index (κ3) is 2.28. The summed E-state index contributed by atoms with van der Waals surface area (Å²) in [5, 5.41) is 21.1. The molecule has 6 nitrogen and oxygen atoms in total. The van der Waals surface area contributed by atoms with Crippen LogP contribution < -0.4 is 0 Å². The first-order chi connectivity index (χ1) is 6.93. The molecule has 0 N–H and O–H groups in total. The Kier molecular flexibility index (Phi) is 2.99. The van der Waals surface area contributed by atoms with Gasteiger partial charge in [0.25, 0.3) is 0 Å². The molecule has 0 amide bonds. The van der Waals surface area contributed by atoms with E-state index in [4.69, 9.17) is 0 Å². The summed E-state index contributed by atoms with van der Waals surface area (Å²) in [6, 6.07) is 4.88. The van der Waals surface area contributed by atoms with E-state index in [9.17, 15) is 20.2 Å². The van der Waals surface area contributed by atoms with Crippen LogP contribution >= 0.6 is 0 Å². The summed E-state index contributed by atoms with van der Waals surface area (Å²) in [7, 11) is 0. The van der Waals surface area contributed by atoms with E-state index in [0.29, 0.717) is 5.56 Å². The molecule has 0 bridgehead atoms. The lowest BCUT2D eigenvalue weighted by atomic mass is 10.0. The molecule has 0 aromatic heterocycles. The molecule has 0 aliphatic rings. The molecule has 0 radical (unpaired) electrons. The van der Waals surface area contributed by atoms with Gasteiger partial charge in [-0.3, -0.25) is 20.2 Å². The molecule has 6 heteroatoms. The van der Waals surface area contributed by atoms with Gasteiger partial charge < -0.3 is 0 Å². The van der Waals surface area contributed by atoms with Crippen LogP contribution in [0.4, 0.5) is 0 Å². The maximum absolute atomic E-state index is 10.6. The summed E-state index contributed by atoms with van der Waals surface area (Å²) in [4.78, 5) is 19.4. The van der Waals surface area contributed by atoms with Gasteiger partial charge in [0.15, 0.2) is 0 Å². The monoisotopic (exact) mass is 210 g/mol. The molecular weight excluding hydrogens is 200 g/mol. The number of hydrogen-bond donors (Lipinski definition) is 0. The molecule has 0 saturated carbocycles. The smallest absolute Gasteiger partial charge is 0.258 e. The molecule has 1 rings (SSSR count). The maximum atomic E-state index is 10.6. The Balaban J connectivity index is 3.28. The highest BCUT2D eigenvalue weighted by Gasteiger charge is 2.35. The molecule has 1 aromatic rings. The lowest BCUT2D eigenvalue weighted by Gasteiger charge is -2.06. The normalized spacial score (nSPS) is 10.3. The molecule has 0 fully saturated rings. The molecule has 1 aromatic carbocycles. The van der Waals surface area contributed by atoms with Crippen molar-refractivity contribution in [2.45, 2.75) is 20.0 Å². The van der Waals surface area contributed by atoms with Crippen molar-refractivity contribution in [3.63, 3.8) is 0 Å². The predicted octanol–water partition coefficient (Wildman–Crippen LogP) is 1.86. The Bertz CT molecular complexity index is 403. The zero-order valence-corrected chi connectivity index (χ0v) is 8.34. The molecule has 0 aliphatic carbocycles. The van der Waals surface area contributed by atoms with Gasteiger partial charge in [-0.05, 0) is 25.5 Å². The molecule has 0 saturated heterocycles. The summed E-state index contributed by atoms with van der Waals surface area (Å²) >= 11 is 0. The third-order valence-electron chi connectivity index (χ3n) is 2.11. The Morgan fingerprint density at radius 2 is 1.67 bits per heavy atom. The van der Waals surface area contributed by atoms with E-state index >= 15 is 0 Å². The van der Waals surface area contributed by atoms with Crippen LogP contribution in [0.3, 0.4) is 0 Å². The van der Waals surface area contributed by atoms with Gasteiger partial charge in [0.05, 0.1) is 0 Å². The molecule has 0 spiro atoms. The van der Waals surface area contributed by atoms with Crippen LogP contribution in [0, 0.1) is 34.1 Å². The Morgan fingerprint density at radius 1 is 1.13 bits per heavy atom. The highest BCUT2D eigenvalue weighted by molar-refractivity contribution is 5.31. The van der Waals surface area contributed by atoms with Crippen molar-refractivity contribution in [2.75, 3.05) is 0 Å². The molecule has 0 heterocycles. The van der Waals surface area contributed by atoms with Gasteiger partial charge in [0.1, 0.15) is 15.4 Å². The topological polar surface area (TPSA) is 86.3 Å². The maximum Gasteiger partial charge on any atom is 0.476 e. The van der Waals surface area contributed by atoms with E-state index in [0.717, 1.165) is 5.56 Å². The summed E-state index contributed by atoms with van der Waals surface area (Å²) in [6.07, 6.45) is -1.87. The molecule has 0 atom stereocenters. The number of nitrogens with zero attached hydrogens (tertiary/aromatic N) is 2. The molecule has 0 aliphatic heterocycles. The van der Waals surface area contributed by atoms with Gasteiger partial charge in [0.2, 0.25) is 0 Å². The van der Waals surface area contributed by atoms with E-state index in [-0.39, 0.29) is 5.56 Å². The van der Waals surface area contributed by atoms with Crippen molar-refractivity contribution in [1.82, 2.24) is 0 Å². The Morgan fingerprint density at radius 3 is 2.13 bits per heavy atom. The number of hydrogen-bond acceptors (Lipinski definition) is 4.